The van der Waals surface area contributed by atoms with E-state index in [0.29, 0.717) is 11.3 Å². The Bertz CT molecular complexity index is 518. The van der Waals surface area contributed by atoms with Crippen LogP contribution in [0.15, 0.2) is 18.2 Å². The second kappa shape index (κ2) is 6.05. The Morgan fingerprint density at radius 3 is 2.45 bits per heavy atom. The van der Waals surface area contributed by atoms with Crippen LogP contribution in [0.1, 0.15) is 36.7 Å². The quantitative estimate of drug-likeness (QED) is 0.882. The molecule has 0 unspecified atom stereocenters. The Labute approximate surface area is 119 Å². The van der Waals surface area contributed by atoms with Gasteiger partial charge in [-0.3, -0.25) is 9.59 Å². The molecule has 1 rings (SSSR count). The molecule has 0 saturated heterocycles. The minimum absolute atomic E-state index is 0.178. The highest BCUT2D eigenvalue weighted by Crippen LogP contribution is 2.18. The first-order valence-electron chi connectivity index (χ1n) is 6.46. The van der Waals surface area contributed by atoms with E-state index >= 15 is 0 Å². The molecule has 0 radical (unpaired) electrons. The average molecular weight is 278 g/mol. The molecule has 5 nitrogen and oxygen atoms in total. The summed E-state index contributed by atoms with van der Waals surface area (Å²) in [6.45, 7) is 6.81. The van der Waals surface area contributed by atoms with Crippen molar-refractivity contribution in [1.29, 1.82) is 0 Å². The van der Waals surface area contributed by atoms with E-state index in [9.17, 15) is 14.7 Å². The zero-order chi connectivity index (χ0) is 15.5. The average Bonchev–Trinajstić information content (AvgIpc) is 2.28. The van der Waals surface area contributed by atoms with E-state index < -0.39 is 5.60 Å². The summed E-state index contributed by atoms with van der Waals surface area (Å²) in [5.74, 6) is -0.374. The molecule has 2 N–H and O–H groups in total. The standard InChI is InChI=1S/C15H22N2O3/c1-10-6-7-12(8-13(10)16-11(2)18)14(19)17(5)9-15(3,4)20/h6-8,20H,9H2,1-5H3,(H,16,18). The maximum absolute atomic E-state index is 12.3. The molecular weight excluding hydrogens is 256 g/mol. The summed E-state index contributed by atoms with van der Waals surface area (Å²) in [4.78, 5) is 24.9. The van der Waals surface area contributed by atoms with Crippen molar-refractivity contribution in [3.05, 3.63) is 29.3 Å². The summed E-state index contributed by atoms with van der Waals surface area (Å²) in [7, 11) is 1.64. The predicted octanol–water partition coefficient (Wildman–Crippen LogP) is 1.80. The SMILES string of the molecule is CC(=O)Nc1cc(C(=O)N(C)CC(C)(C)O)ccc1C. The highest BCUT2D eigenvalue weighted by Gasteiger charge is 2.20. The van der Waals surface area contributed by atoms with Crippen molar-refractivity contribution in [2.75, 3.05) is 18.9 Å². The summed E-state index contributed by atoms with van der Waals surface area (Å²) in [5, 5.41) is 12.4. The van der Waals surface area contributed by atoms with E-state index in [0.717, 1.165) is 5.56 Å². The molecule has 0 spiro atoms. The van der Waals surface area contributed by atoms with Gasteiger partial charge in [0.1, 0.15) is 0 Å². The van der Waals surface area contributed by atoms with Crippen LogP contribution in [-0.2, 0) is 4.79 Å². The van der Waals surface area contributed by atoms with Crippen molar-refractivity contribution < 1.29 is 14.7 Å². The van der Waals surface area contributed by atoms with Gasteiger partial charge in [0.2, 0.25) is 5.91 Å². The van der Waals surface area contributed by atoms with E-state index in [1.54, 1.807) is 39.1 Å². The summed E-state index contributed by atoms with van der Waals surface area (Å²) >= 11 is 0. The Hall–Kier alpha value is -1.88. The normalized spacial score (nSPS) is 11.1. The van der Waals surface area contributed by atoms with E-state index in [2.05, 4.69) is 5.32 Å². The maximum Gasteiger partial charge on any atom is 0.253 e. The number of nitrogens with one attached hydrogen (secondary N) is 1. The minimum atomic E-state index is -0.949. The van der Waals surface area contributed by atoms with Gasteiger partial charge in [-0.15, -0.1) is 0 Å². The Morgan fingerprint density at radius 1 is 1.35 bits per heavy atom. The summed E-state index contributed by atoms with van der Waals surface area (Å²) < 4.78 is 0. The highest BCUT2D eigenvalue weighted by molar-refractivity contribution is 5.97. The second-order valence-corrected chi connectivity index (χ2v) is 5.68. The van der Waals surface area contributed by atoms with Crippen molar-refractivity contribution in [2.45, 2.75) is 33.3 Å². The van der Waals surface area contributed by atoms with E-state index in [1.807, 2.05) is 6.92 Å². The summed E-state index contributed by atoms with van der Waals surface area (Å²) in [6, 6.07) is 5.15. The third-order valence-electron chi connectivity index (χ3n) is 2.77. The molecule has 0 aromatic heterocycles. The van der Waals surface area contributed by atoms with Gasteiger partial charge >= 0.3 is 0 Å². The van der Waals surface area contributed by atoms with Crippen molar-refractivity contribution in [1.82, 2.24) is 4.90 Å². The van der Waals surface area contributed by atoms with Crippen molar-refractivity contribution in [2.24, 2.45) is 0 Å². The number of nitrogens with zero attached hydrogens (tertiary/aromatic N) is 1. The second-order valence-electron chi connectivity index (χ2n) is 5.68. The van der Waals surface area contributed by atoms with Gasteiger partial charge in [0.25, 0.3) is 5.91 Å². The zero-order valence-electron chi connectivity index (χ0n) is 12.7. The van der Waals surface area contributed by atoms with Crippen molar-refractivity contribution in [3.8, 4) is 0 Å². The van der Waals surface area contributed by atoms with Crippen molar-refractivity contribution >= 4 is 17.5 Å². The van der Waals surface area contributed by atoms with Crippen LogP contribution >= 0.6 is 0 Å². The number of likely N-dealkylation sites (N-methyl/N-ethyl adjacent to an activating group) is 1. The number of hydrogen-bond acceptors (Lipinski definition) is 3. The number of aryl methyl sites for hydroxylation is 1. The molecule has 0 saturated carbocycles. The molecule has 0 atom stereocenters. The van der Waals surface area contributed by atoms with Crippen LogP contribution in [0.2, 0.25) is 0 Å². The number of carbonyl (C=O) groups is 2. The fourth-order valence-electron chi connectivity index (χ4n) is 1.95. The smallest absolute Gasteiger partial charge is 0.253 e. The number of amides is 2. The lowest BCUT2D eigenvalue weighted by atomic mass is 10.1. The lowest BCUT2D eigenvalue weighted by Crippen LogP contribution is -2.39. The van der Waals surface area contributed by atoms with Crippen LogP contribution in [0.4, 0.5) is 5.69 Å². The Balaban J connectivity index is 2.96. The largest absolute Gasteiger partial charge is 0.389 e. The number of hydrogen-bond donors (Lipinski definition) is 2. The molecule has 0 aliphatic rings. The number of rotatable bonds is 4. The van der Waals surface area contributed by atoms with Crippen LogP contribution in [-0.4, -0.2) is 41.0 Å². The summed E-state index contributed by atoms with van der Waals surface area (Å²) in [6.07, 6.45) is 0. The lowest BCUT2D eigenvalue weighted by molar-refractivity contribution is -0.114. The number of aliphatic hydroxyl groups is 1. The van der Waals surface area contributed by atoms with E-state index in [4.69, 9.17) is 0 Å². The predicted molar refractivity (Wildman–Crippen MR) is 78.7 cm³/mol. The molecule has 0 aliphatic heterocycles. The molecular formula is C15H22N2O3. The molecule has 20 heavy (non-hydrogen) atoms. The molecule has 1 aromatic rings. The van der Waals surface area contributed by atoms with E-state index in [1.165, 1.54) is 11.8 Å². The first-order valence-corrected chi connectivity index (χ1v) is 6.46. The first kappa shape index (κ1) is 16.2. The maximum atomic E-state index is 12.3. The first-order chi connectivity index (χ1) is 9.10. The molecule has 1 aromatic carbocycles. The molecule has 110 valence electrons. The molecule has 0 aliphatic carbocycles. The molecule has 0 heterocycles. The van der Waals surface area contributed by atoms with Crippen LogP contribution in [0, 0.1) is 6.92 Å². The number of anilines is 1. The Kier molecular flexibility index (Phi) is 4.89. The van der Waals surface area contributed by atoms with Gasteiger partial charge in [0.15, 0.2) is 0 Å². The third-order valence-corrected chi connectivity index (χ3v) is 2.77. The Morgan fingerprint density at radius 2 is 1.95 bits per heavy atom. The topological polar surface area (TPSA) is 69.6 Å². The van der Waals surface area contributed by atoms with Gasteiger partial charge in [-0.25, -0.2) is 0 Å². The number of carbonyl (C=O) groups excluding carboxylic acids is 2. The van der Waals surface area contributed by atoms with Gasteiger partial charge in [-0.1, -0.05) is 6.07 Å². The van der Waals surface area contributed by atoms with Gasteiger partial charge in [-0.2, -0.15) is 0 Å². The van der Waals surface area contributed by atoms with Gasteiger partial charge in [-0.05, 0) is 38.5 Å². The van der Waals surface area contributed by atoms with Gasteiger partial charge in [0.05, 0.1) is 5.60 Å². The molecule has 2 amide bonds. The fraction of sp³-hybridized carbons (Fsp3) is 0.467. The third kappa shape index (κ3) is 4.66. The molecule has 5 heteroatoms. The van der Waals surface area contributed by atoms with Crippen LogP contribution in [0.3, 0.4) is 0 Å². The monoisotopic (exact) mass is 278 g/mol. The van der Waals surface area contributed by atoms with Crippen LogP contribution in [0.5, 0.6) is 0 Å². The van der Waals surface area contributed by atoms with Gasteiger partial charge < -0.3 is 15.3 Å². The van der Waals surface area contributed by atoms with Gasteiger partial charge in [0, 0.05) is 31.8 Å². The zero-order valence-corrected chi connectivity index (χ0v) is 12.7. The number of benzene rings is 1. The molecule has 0 fully saturated rings. The minimum Gasteiger partial charge on any atom is -0.389 e. The van der Waals surface area contributed by atoms with Crippen molar-refractivity contribution in [3.63, 3.8) is 0 Å². The summed E-state index contributed by atoms with van der Waals surface area (Å²) in [5.41, 5.74) is 1.04. The fourth-order valence-corrected chi connectivity index (χ4v) is 1.95. The lowest BCUT2D eigenvalue weighted by Gasteiger charge is -2.25. The molecule has 0 bridgehead atoms. The highest BCUT2D eigenvalue weighted by atomic mass is 16.3. The van der Waals surface area contributed by atoms with Crippen LogP contribution in [0.25, 0.3) is 0 Å². The van der Waals surface area contributed by atoms with Crippen LogP contribution < -0.4 is 5.32 Å². The van der Waals surface area contributed by atoms with E-state index in [-0.39, 0.29) is 18.4 Å².